The first kappa shape index (κ1) is 12.2. The summed E-state index contributed by atoms with van der Waals surface area (Å²) in [6, 6.07) is 0. The highest BCUT2D eigenvalue weighted by molar-refractivity contribution is 8.00. The second-order valence-electron chi connectivity index (χ2n) is 3.18. The number of aliphatic hydroxyl groups is 4. The molecular formula is C8H16O5S. The number of aliphatic hydroxyl groups excluding tert-OH is 4. The van der Waals surface area contributed by atoms with Gasteiger partial charge in [0.15, 0.2) is 4.93 Å². The Kier molecular flexibility index (Phi) is 4.17. The quantitative estimate of drug-likeness (QED) is 0.467. The lowest BCUT2D eigenvalue weighted by molar-refractivity contribution is -0.0601. The van der Waals surface area contributed by atoms with Crippen molar-refractivity contribution in [1.29, 1.82) is 0 Å². The molecule has 0 aromatic carbocycles. The van der Waals surface area contributed by atoms with Crippen molar-refractivity contribution in [2.45, 2.75) is 30.2 Å². The van der Waals surface area contributed by atoms with Gasteiger partial charge in [-0.1, -0.05) is 6.92 Å². The molecule has 14 heavy (non-hydrogen) atoms. The van der Waals surface area contributed by atoms with Crippen LogP contribution in [0, 0.1) is 0 Å². The van der Waals surface area contributed by atoms with Crippen molar-refractivity contribution >= 4 is 11.8 Å². The molecule has 1 heterocycles. The molecule has 1 aliphatic heterocycles. The zero-order valence-corrected chi connectivity index (χ0v) is 8.78. The van der Waals surface area contributed by atoms with Gasteiger partial charge in [0.25, 0.3) is 0 Å². The summed E-state index contributed by atoms with van der Waals surface area (Å²) in [5, 5.41) is 37.2. The van der Waals surface area contributed by atoms with Crippen LogP contribution in [-0.2, 0) is 4.74 Å². The van der Waals surface area contributed by atoms with Gasteiger partial charge in [-0.2, -0.15) is 0 Å². The predicted octanol–water partition coefficient (Wildman–Crippen LogP) is -1.46. The Balaban J connectivity index is 2.78. The van der Waals surface area contributed by atoms with E-state index in [0.717, 1.165) is 0 Å². The molecule has 6 heteroatoms. The summed E-state index contributed by atoms with van der Waals surface area (Å²) in [5.41, 5.74) is 0. The lowest BCUT2D eigenvalue weighted by Gasteiger charge is -2.28. The molecular weight excluding hydrogens is 208 g/mol. The minimum Gasteiger partial charge on any atom is -0.394 e. The molecule has 0 bridgehead atoms. The molecule has 0 radical (unpaired) electrons. The maximum atomic E-state index is 9.67. The Hall–Kier alpha value is 0.150. The van der Waals surface area contributed by atoms with Crippen molar-refractivity contribution in [3.63, 3.8) is 0 Å². The Labute approximate surface area is 86.7 Å². The summed E-state index contributed by atoms with van der Waals surface area (Å²) in [7, 11) is 0. The highest BCUT2D eigenvalue weighted by Crippen LogP contribution is 2.39. The fourth-order valence-corrected chi connectivity index (χ4v) is 2.63. The summed E-state index contributed by atoms with van der Waals surface area (Å²) in [6.07, 6.45) is -3.14. The van der Waals surface area contributed by atoms with Gasteiger partial charge in [-0.15, -0.1) is 11.8 Å². The van der Waals surface area contributed by atoms with Crippen LogP contribution in [0.4, 0.5) is 0 Å². The maximum absolute atomic E-state index is 9.67. The second kappa shape index (κ2) is 4.78. The zero-order valence-electron chi connectivity index (χ0n) is 7.96. The molecule has 84 valence electrons. The largest absolute Gasteiger partial charge is 0.394 e. The van der Waals surface area contributed by atoms with Gasteiger partial charge in [0.2, 0.25) is 0 Å². The van der Waals surface area contributed by atoms with Crippen molar-refractivity contribution in [3.05, 3.63) is 0 Å². The first-order valence-corrected chi connectivity index (χ1v) is 5.49. The highest BCUT2D eigenvalue weighted by atomic mass is 32.2. The van der Waals surface area contributed by atoms with Crippen molar-refractivity contribution in [2.24, 2.45) is 0 Å². The third-order valence-electron chi connectivity index (χ3n) is 2.29. The monoisotopic (exact) mass is 224 g/mol. The normalized spacial score (nSPS) is 43.1. The fraction of sp³-hybridized carbons (Fsp3) is 1.00. The Morgan fingerprint density at radius 3 is 2.36 bits per heavy atom. The standard InChI is InChI=1S/C8H16O5S/c1-2-14-8(4-10)7(12)6(11)5(3-9)13-8/h5-7,9-12H,2-4H2,1H3/t5-,6-,7+,8?/m1/s1. The second-order valence-corrected chi connectivity index (χ2v) is 4.73. The van der Waals surface area contributed by atoms with E-state index in [0.29, 0.717) is 5.75 Å². The van der Waals surface area contributed by atoms with E-state index in [1.807, 2.05) is 6.92 Å². The lowest BCUT2D eigenvalue weighted by Crippen LogP contribution is -2.43. The van der Waals surface area contributed by atoms with E-state index in [4.69, 9.17) is 14.9 Å². The van der Waals surface area contributed by atoms with Crippen LogP contribution in [0.3, 0.4) is 0 Å². The van der Waals surface area contributed by atoms with Gasteiger partial charge in [-0.3, -0.25) is 0 Å². The van der Waals surface area contributed by atoms with E-state index >= 15 is 0 Å². The summed E-state index contributed by atoms with van der Waals surface area (Å²) in [4.78, 5) is -1.19. The van der Waals surface area contributed by atoms with Gasteiger partial charge in [-0.25, -0.2) is 0 Å². The molecule has 0 spiro atoms. The van der Waals surface area contributed by atoms with Crippen LogP contribution in [0.25, 0.3) is 0 Å². The molecule has 0 amide bonds. The molecule has 4 atom stereocenters. The minimum absolute atomic E-state index is 0.371. The van der Waals surface area contributed by atoms with Crippen LogP contribution in [0.1, 0.15) is 6.92 Å². The molecule has 0 aromatic rings. The number of hydrogen-bond donors (Lipinski definition) is 4. The predicted molar refractivity (Wildman–Crippen MR) is 51.9 cm³/mol. The molecule has 1 rings (SSSR count). The van der Waals surface area contributed by atoms with Gasteiger partial charge in [0.1, 0.15) is 18.3 Å². The Bertz CT molecular complexity index is 191. The first-order valence-electron chi connectivity index (χ1n) is 4.51. The minimum atomic E-state index is -1.19. The Morgan fingerprint density at radius 1 is 1.36 bits per heavy atom. The SMILES string of the molecule is CCSC1(CO)O[C@H](CO)[C@@H](O)[C@@H]1O. The average Bonchev–Trinajstić information content (AvgIpc) is 2.44. The third kappa shape index (κ3) is 1.91. The van der Waals surface area contributed by atoms with Crippen LogP contribution in [0.15, 0.2) is 0 Å². The molecule has 1 aliphatic rings. The van der Waals surface area contributed by atoms with Gasteiger partial charge < -0.3 is 25.2 Å². The van der Waals surface area contributed by atoms with Gasteiger partial charge in [0.05, 0.1) is 13.2 Å². The molecule has 1 saturated heterocycles. The number of hydrogen-bond acceptors (Lipinski definition) is 6. The average molecular weight is 224 g/mol. The first-order chi connectivity index (χ1) is 6.61. The number of thioether (sulfide) groups is 1. The van der Waals surface area contributed by atoms with E-state index in [1.54, 1.807) is 0 Å². The summed E-state index contributed by atoms with van der Waals surface area (Å²) in [6.45, 7) is 1.10. The van der Waals surface area contributed by atoms with Crippen LogP contribution >= 0.6 is 11.8 Å². The summed E-state index contributed by atoms with van der Waals surface area (Å²) in [5.74, 6) is 0.641. The van der Waals surface area contributed by atoms with Gasteiger partial charge in [-0.05, 0) is 5.75 Å². The van der Waals surface area contributed by atoms with E-state index in [-0.39, 0.29) is 13.2 Å². The zero-order chi connectivity index (χ0) is 10.8. The third-order valence-corrected chi connectivity index (χ3v) is 3.54. The van der Waals surface area contributed by atoms with Crippen molar-refractivity contribution in [3.8, 4) is 0 Å². The topological polar surface area (TPSA) is 90.2 Å². The van der Waals surface area contributed by atoms with Gasteiger partial charge >= 0.3 is 0 Å². The smallest absolute Gasteiger partial charge is 0.165 e. The van der Waals surface area contributed by atoms with Crippen molar-refractivity contribution in [1.82, 2.24) is 0 Å². The van der Waals surface area contributed by atoms with E-state index in [9.17, 15) is 10.2 Å². The molecule has 5 nitrogen and oxygen atoms in total. The van der Waals surface area contributed by atoms with Crippen molar-refractivity contribution in [2.75, 3.05) is 19.0 Å². The molecule has 0 aliphatic carbocycles. The van der Waals surface area contributed by atoms with Crippen LogP contribution in [0.2, 0.25) is 0 Å². The highest BCUT2D eigenvalue weighted by Gasteiger charge is 2.53. The Morgan fingerprint density at radius 2 is 2.00 bits per heavy atom. The number of rotatable bonds is 4. The van der Waals surface area contributed by atoms with Crippen molar-refractivity contribution < 1.29 is 25.2 Å². The van der Waals surface area contributed by atoms with E-state index in [2.05, 4.69) is 0 Å². The molecule has 1 unspecified atom stereocenters. The molecule has 4 N–H and O–H groups in total. The summed E-state index contributed by atoms with van der Waals surface area (Å²) < 4.78 is 5.28. The fourth-order valence-electron chi connectivity index (χ4n) is 1.54. The van der Waals surface area contributed by atoms with Crippen LogP contribution < -0.4 is 0 Å². The van der Waals surface area contributed by atoms with Crippen LogP contribution in [-0.4, -0.2) is 62.6 Å². The molecule has 0 aromatic heterocycles. The molecule has 1 fully saturated rings. The lowest BCUT2D eigenvalue weighted by atomic mass is 10.1. The number of ether oxygens (including phenoxy) is 1. The molecule has 0 saturated carbocycles. The van der Waals surface area contributed by atoms with Gasteiger partial charge in [0, 0.05) is 0 Å². The summed E-state index contributed by atoms with van der Waals surface area (Å²) >= 11 is 1.22. The van der Waals surface area contributed by atoms with Crippen LogP contribution in [0.5, 0.6) is 0 Å². The maximum Gasteiger partial charge on any atom is 0.165 e. The van der Waals surface area contributed by atoms with E-state index in [1.165, 1.54) is 11.8 Å². The van der Waals surface area contributed by atoms with E-state index < -0.39 is 23.2 Å².